The number of nitrogens with one attached hydrogen (secondary N) is 1. The van der Waals surface area contributed by atoms with Crippen LogP contribution in [0.2, 0.25) is 0 Å². The van der Waals surface area contributed by atoms with Crippen LogP contribution in [-0.4, -0.2) is 51.9 Å². The normalized spacial score (nSPS) is 13.8. The van der Waals surface area contributed by atoms with Gasteiger partial charge in [0, 0.05) is 67.2 Å². The SMILES string of the molecule is O=C(c1ccc2ccc(=O)[nH]c2c1)N1CCN(c2ccc(-c3ccc([N+](=O)[O-])cc3)cn2)CC1. The fourth-order valence-electron chi connectivity index (χ4n) is 4.12. The Balaban J connectivity index is 1.24. The third-order valence-corrected chi connectivity index (χ3v) is 6.02. The number of rotatable bonds is 4. The molecule has 170 valence electrons. The van der Waals surface area contributed by atoms with E-state index in [9.17, 15) is 19.7 Å². The van der Waals surface area contributed by atoms with Crippen LogP contribution < -0.4 is 10.5 Å². The Labute approximate surface area is 194 Å². The maximum absolute atomic E-state index is 13.0. The number of aromatic amines is 1. The summed E-state index contributed by atoms with van der Waals surface area (Å²) in [6.07, 6.45) is 1.75. The Morgan fingerprint density at radius 1 is 0.912 bits per heavy atom. The van der Waals surface area contributed by atoms with E-state index in [4.69, 9.17) is 0 Å². The maximum atomic E-state index is 13.0. The molecule has 1 aliphatic rings. The first-order valence-electron chi connectivity index (χ1n) is 10.9. The Bertz CT molecular complexity index is 1420. The summed E-state index contributed by atoms with van der Waals surface area (Å²) in [5, 5.41) is 11.7. The van der Waals surface area contributed by atoms with Crippen molar-refractivity contribution in [2.45, 2.75) is 0 Å². The lowest BCUT2D eigenvalue weighted by atomic mass is 10.1. The van der Waals surface area contributed by atoms with Gasteiger partial charge in [-0.2, -0.15) is 0 Å². The van der Waals surface area contributed by atoms with Gasteiger partial charge < -0.3 is 14.8 Å². The van der Waals surface area contributed by atoms with Crippen molar-refractivity contribution < 1.29 is 9.72 Å². The van der Waals surface area contributed by atoms with Crippen LogP contribution >= 0.6 is 0 Å². The van der Waals surface area contributed by atoms with Gasteiger partial charge in [-0.05, 0) is 53.4 Å². The van der Waals surface area contributed by atoms with Crippen molar-refractivity contribution in [3.8, 4) is 11.1 Å². The number of nitrogens with zero attached hydrogens (tertiary/aromatic N) is 4. The van der Waals surface area contributed by atoms with Gasteiger partial charge in [-0.1, -0.05) is 6.07 Å². The molecule has 34 heavy (non-hydrogen) atoms. The third-order valence-electron chi connectivity index (χ3n) is 6.02. The maximum Gasteiger partial charge on any atom is 0.269 e. The lowest BCUT2D eigenvalue weighted by molar-refractivity contribution is -0.384. The second-order valence-electron chi connectivity index (χ2n) is 8.11. The van der Waals surface area contributed by atoms with Gasteiger partial charge in [0.05, 0.1) is 4.92 Å². The van der Waals surface area contributed by atoms with E-state index in [-0.39, 0.29) is 17.2 Å². The van der Waals surface area contributed by atoms with E-state index in [1.165, 1.54) is 18.2 Å². The second kappa shape index (κ2) is 8.78. The number of anilines is 1. The number of nitro benzene ring substituents is 1. The molecule has 4 aromatic rings. The van der Waals surface area contributed by atoms with E-state index in [2.05, 4.69) is 14.9 Å². The summed E-state index contributed by atoms with van der Waals surface area (Å²) in [6, 6.07) is 18.8. The third kappa shape index (κ3) is 4.23. The molecule has 0 radical (unpaired) electrons. The second-order valence-corrected chi connectivity index (χ2v) is 8.11. The summed E-state index contributed by atoms with van der Waals surface area (Å²) in [4.78, 5) is 46.3. The number of piperazine rings is 1. The molecule has 0 unspecified atom stereocenters. The number of non-ortho nitro benzene ring substituents is 1. The molecule has 1 N–H and O–H groups in total. The number of benzene rings is 2. The van der Waals surface area contributed by atoms with Crippen molar-refractivity contribution >= 4 is 28.3 Å². The molecule has 1 aliphatic heterocycles. The Kier molecular flexibility index (Phi) is 5.51. The first-order valence-corrected chi connectivity index (χ1v) is 10.9. The molecule has 9 heteroatoms. The Morgan fingerprint density at radius 2 is 1.62 bits per heavy atom. The number of amides is 1. The van der Waals surface area contributed by atoms with Gasteiger partial charge in [-0.3, -0.25) is 19.7 Å². The highest BCUT2D eigenvalue weighted by Gasteiger charge is 2.23. The zero-order chi connectivity index (χ0) is 23.7. The molecule has 9 nitrogen and oxygen atoms in total. The number of nitro groups is 1. The molecule has 2 aromatic heterocycles. The highest BCUT2D eigenvalue weighted by molar-refractivity contribution is 5.97. The molecule has 2 aromatic carbocycles. The lowest BCUT2D eigenvalue weighted by Gasteiger charge is -2.35. The van der Waals surface area contributed by atoms with Crippen molar-refractivity contribution in [2.75, 3.05) is 31.1 Å². The molecule has 0 aliphatic carbocycles. The molecule has 1 fully saturated rings. The minimum absolute atomic E-state index is 0.0534. The summed E-state index contributed by atoms with van der Waals surface area (Å²) in [6.45, 7) is 2.43. The molecule has 1 saturated heterocycles. The fourth-order valence-corrected chi connectivity index (χ4v) is 4.12. The van der Waals surface area contributed by atoms with Crippen LogP contribution in [0.15, 0.2) is 77.7 Å². The van der Waals surface area contributed by atoms with Crippen LogP contribution in [0.25, 0.3) is 22.0 Å². The molecule has 1 amide bonds. The van der Waals surface area contributed by atoms with Gasteiger partial charge in [-0.15, -0.1) is 0 Å². The van der Waals surface area contributed by atoms with E-state index >= 15 is 0 Å². The smallest absolute Gasteiger partial charge is 0.269 e. The number of pyridine rings is 2. The van der Waals surface area contributed by atoms with Crippen LogP contribution in [0.5, 0.6) is 0 Å². The molecule has 0 saturated carbocycles. The van der Waals surface area contributed by atoms with Crippen molar-refractivity contribution in [2.24, 2.45) is 0 Å². The van der Waals surface area contributed by atoms with Crippen molar-refractivity contribution in [1.29, 1.82) is 0 Å². The fraction of sp³-hybridized carbons (Fsp3) is 0.160. The number of carbonyl (C=O) groups is 1. The quantitative estimate of drug-likeness (QED) is 0.373. The average Bonchev–Trinajstić information content (AvgIpc) is 2.88. The van der Waals surface area contributed by atoms with E-state index in [0.717, 1.165) is 22.3 Å². The van der Waals surface area contributed by atoms with E-state index in [0.29, 0.717) is 37.3 Å². The minimum atomic E-state index is -0.420. The molecule has 3 heterocycles. The monoisotopic (exact) mass is 455 g/mol. The molecule has 0 atom stereocenters. The predicted octanol–water partition coefficient (Wildman–Crippen LogP) is 3.46. The first kappa shape index (κ1) is 21.3. The molecule has 0 bridgehead atoms. The summed E-state index contributed by atoms with van der Waals surface area (Å²) >= 11 is 0. The van der Waals surface area contributed by atoms with Gasteiger partial charge in [-0.25, -0.2) is 4.98 Å². The summed E-state index contributed by atoms with van der Waals surface area (Å²) in [5.41, 5.74) is 2.79. The lowest BCUT2D eigenvalue weighted by Crippen LogP contribution is -2.49. The van der Waals surface area contributed by atoms with E-state index < -0.39 is 4.92 Å². The number of hydrogen-bond donors (Lipinski definition) is 1. The summed E-state index contributed by atoms with van der Waals surface area (Å²) < 4.78 is 0. The van der Waals surface area contributed by atoms with Gasteiger partial charge in [0.15, 0.2) is 0 Å². The Hall–Kier alpha value is -4.53. The van der Waals surface area contributed by atoms with Crippen LogP contribution in [0.1, 0.15) is 10.4 Å². The van der Waals surface area contributed by atoms with Gasteiger partial charge in [0.2, 0.25) is 5.56 Å². The van der Waals surface area contributed by atoms with E-state index in [1.807, 2.05) is 23.1 Å². The van der Waals surface area contributed by atoms with Crippen LogP contribution in [0.4, 0.5) is 11.5 Å². The number of hydrogen-bond acceptors (Lipinski definition) is 6. The van der Waals surface area contributed by atoms with Gasteiger partial charge in [0.25, 0.3) is 11.6 Å². The molecule has 0 spiro atoms. The molecular weight excluding hydrogens is 434 g/mol. The highest BCUT2D eigenvalue weighted by Crippen LogP contribution is 2.24. The van der Waals surface area contributed by atoms with Crippen LogP contribution in [0.3, 0.4) is 0 Å². The van der Waals surface area contributed by atoms with Crippen molar-refractivity contribution in [3.63, 3.8) is 0 Å². The van der Waals surface area contributed by atoms with Gasteiger partial charge >= 0.3 is 0 Å². The topological polar surface area (TPSA) is 112 Å². The van der Waals surface area contributed by atoms with Crippen LogP contribution in [-0.2, 0) is 0 Å². The predicted molar refractivity (Wildman–Crippen MR) is 129 cm³/mol. The zero-order valence-electron chi connectivity index (χ0n) is 18.2. The number of carbonyl (C=O) groups excluding carboxylic acids is 1. The van der Waals surface area contributed by atoms with E-state index in [1.54, 1.807) is 36.5 Å². The Morgan fingerprint density at radius 3 is 2.29 bits per heavy atom. The number of H-pyrrole nitrogens is 1. The number of aromatic nitrogens is 2. The van der Waals surface area contributed by atoms with Crippen molar-refractivity contribution in [3.05, 3.63) is 99.0 Å². The largest absolute Gasteiger partial charge is 0.353 e. The first-order chi connectivity index (χ1) is 16.5. The average molecular weight is 455 g/mol. The standard InChI is InChI=1S/C25H21N5O4/c31-24-10-6-18-1-2-19(15-22(18)27-24)25(32)29-13-11-28(12-14-29)23-9-5-20(16-26-23)17-3-7-21(8-4-17)30(33)34/h1-10,15-16H,11-14H2,(H,27,31). The van der Waals surface area contributed by atoms with Crippen LogP contribution in [0, 0.1) is 10.1 Å². The summed E-state index contributed by atoms with van der Waals surface area (Å²) in [7, 11) is 0. The van der Waals surface area contributed by atoms with Gasteiger partial charge in [0.1, 0.15) is 5.82 Å². The summed E-state index contributed by atoms with van der Waals surface area (Å²) in [5.74, 6) is 0.758. The zero-order valence-corrected chi connectivity index (χ0v) is 18.2. The molecular formula is C25H21N5O4. The highest BCUT2D eigenvalue weighted by atomic mass is 16.6. The number of fused-ring (bicyclic) bond motifs is 1. The minimum Gasteiger partial charge on any atom is -0.353 e. The van der Waals surface area contributed by atoms with Crippen molar-refractivity contribution in [1.82, 2.24) is 14.9 Å². The molecule has 5 rings (SSSR count).